The average Bonchev–Trinajstić information content (AvgIpc) is 3.22. The third-order valence-electron chi connectivity index (χ3n) is 4.95. The first-order chi connectivity index (χ1) is 11.6. The Kier molecular flexibility index (Phi) is 3.86. The molecule has 0 saturated carbocycles. The van der Waals surface area contributed by atoms with Gasteiger partial charge in [0.25, 0.3) is 11.7 Å². The van der Waals surface area contributed by atoms with Crippen LogP contribution in [0.25, 0.3) is 11.9 Å². The smallest absolute Gasteiger partial charge is 1.00 e. The number of nitrogens with zero attached hydrogens (tertiary/aromatic N) is 5. The molecule has 2 aromatic heterocycles. The van der Waals surface area contributed by atoms with Crippen LogP contribution < -0.4 is 29.6 Å². The van der Waals surface area contributed by atoms with Gasteiger partial charge in [0.15, 0.2) is 0 Å². The molecule has 124 valence electrons. The minimum atomic E-state index is -1.06. The number of aromatic nitrogens is 4. The van der Waals surface area contributed by atoms with E-state index in [4.69, 9.17) is 5.11 Å². The van der Waals surface area contributed by atoms with E-state index in [1.54, 1.807) is 12.2 Å². The number of carboxylic acids is 1. The first-order valence-corrected chi connectivity index (χ1v) is 8.07. The molecular weight excluding hydrogens is 333 g/mol. The molecule has 5 heterocycles. The second-order valence-corrected chi connectivity index (χ2v) is 6.34. The summed E-state index contributed by atoms with van der Waals surface area (Å²) in [6.07, 6.45) is 9.05. The Morgan fingerprint density at radius 1 is 1.36 bits per heavy atom. The maximum atomic E-state index is 12.2. The Hall–Kier alpha value is -1.90. The van der Waals surface area contributed by atoms with Gasteiger partial charge in [-0.15, -0.1) is 0 Å². The van der Waals surface area contributed by atoms with E-state index in [2.05, 4.69) is 14.6 Å². The van der Waals surface area contributed by atoms with Crippen molar-refractivity contribution in [1.82, 2.24) is 24.1 Å². The minimum absolute atomic E-state index is 0. The first kappa shape index (κ1) is 16.6. The maximum absolute atomic E-state index is 12.2. The summed E-state index contributed by atoms with van der Waals surface area (Å²) in [4.78, 5) is 33.7. The molecule has 1 unspecified atom stereocenters. The summed E-state index contributed by atoms with van der Waals surface area (Å²) < 4.78 is 4.07. The fourth-order valence-electron chi connectivity index (χ4n) is 3.80. The van der Waals surface area contributed by atoms with Crippen molar-refractivity contribution in [1.29, 1.82) is 0 Å². The van der Waals surface area contributed by atoms with E-state index >= 15 is 0 Å². The van der Waals surface area contributed by atoms with Crippen LogP contribution in [0.1, 0.15) is 32.2 Å². The van der Waals surface area contributed by atoms with Gasteiger partial charge in [0.2, 0.25) is 0 Å². The number of amides is 1. The van der Waals surface area contributed by atoms with Gasteiger partial charge in [-0.2, -0.15) is 4.98 Å². The Balaban J connectivity index is 0.000000980. The normalized spacial score (nSPS) is 23.1. The molecule has 1 atom stereocenters. The van der Waals surface area contributed by atoms with E-state index in [0.717, 1.165) is 31.6 Å². The summed E-state index contributed by atoms with van der Waals surface area (Å²) in [5.74, 6) is 0.400. The molecule has 3 aliphatic heterocycles. The second kappa shape index (κ2) is 5.82. The van der Waals surface area contributed by atoms with E-state index in [1.807, 2.05) is 10.7 Å². The Bertz CT molecular complexity index is 976. The van der Waals surface area contributed by atoms with Gasteiger partial charge in [0.1, 0.15) is 11.5 Å². The summed E-state index contributed by atoms with van der Waals surface area (Å²) in [6, 6.07) is -0.172. The molecule has 1 saturated heterocycles. The summed E-state index contributed by atoms with van der Waals surface area (Å²) >= 11 is 0. The molecule has 1 fully saturated rings. The number of β-lactam (4-membered cyclic amide) rings is 1. The zero-order chi connectivity index (χ0) is 16.4. The number of imidazole rings is 1. The van der Waals surface area contributed by atoms with E-state index in [-0.39, 0.29) is 48.6 Å². The van der Waals surface area contributed by atoms with Crippen LogP contribution in [0.2, 0.25) is 0 Å². The molecule has 5 rings (SSSR count). The molecule has 2 aromatic rings. The molecule has 0 aliphatic carbocycles. The van der Waals surface area contributed by atoms with Crippen LogP contribution in [0.3, 0.4) is 0 Å². The molecule has 0 radical (unpaired) electrons. The van der Waals surface area contributed by atoms with Crippen molar-refractivity contribution in [2.24, 2.45) is 0 Å². The number of aryl methyl sites for hydroxylation is 2. The quantitative estimate of drug-likeness (QED) is 0.383. The molecule has 0 bridgehead atoms. The van der Waals surface area contributed by atoms with Gasteiger partial charge in [-0.05, 0) is 25.3 Å². The van der Waals surface area contributed by atoms with Crippen molar-refractivity contribution in [2.75, 3.05) is 0 Å². The Morgan fingerprint density at radius 3 is 3.00 bits per heavy atom. The molecule has 8 nitrogen and oxygen atoms in total. The van der Waals surface area contributed by atoms with Crippen molar-refractivity contribution in [3.63, 3.8) is 0 Å². The van der Waals surface area contributed by atoms with Crippen molar-refractivity contribution in [3.05, 3.63) is 35.1 Å². The van der Waals surface area contributed by atoms with Gasteiger partial charge >= 0.3 is 35.5 Å². The van der Waals surface area contributed by atoms with Gasteiger partial charge < -0.3 is 6.53 Å². The SMILES string of the molecule is O=C(O)C1=CCC2/C(=C\c3cn4c(n3)nc3n4CCCC3)C(=O)N12.[H-].[Na+]. The number of fused-ring (bicyclic) bond motifs is 4. The average molecular weight is 349 g/mol. The topological polar surface area (TPSA) is 92.7 Å². The van der Waals surface area contributed by atoms with Crippen molar-refractivity contribution in [3.8, 4) is 0 Å². The molecular formula is C16H16N5NaO3. The van der Waals surface area contributed by atoms with Crippen LogP contribution in [-0.2, 0) is 22.6 Å². The van der Waals surface area contributed by atoms with Crippen molar-refractivity contribution >= 4 is 23.7 Å². The Morgan fingerprint density at radius 2 is 2.20 bits per heavy atom. The predicted molar refractivity (Wildman–Crippen MR) is 84.0 cm³/mol. The van der Waals surface area contributed by atoms with Crippen LogP contribution in [0.5, 0.6) is 0 Å². The largest absolute Gasteiger partial charge is 1.00 e. The number of hydrogen-bond donors (Lipinski definition) is 1. The van der Waals surface area contributed by atoms with Crippen LogP contribution in [0.15, 0.2) is 23.5 Å². The summed E-state index contributed by atoms with van der Waals surface area (Å²) in [5, 5.41) is 9.10. The summed E-state index contributed by atoms with van der Waals surface area (Å²) in [6.45, 7) is 0.930. The molecule has 1 amide bonds. The van der Waals surface area contributed by atoms with Gasteiger partial charge in [-0.1, -0.05) is 6.08 Å². The standard InChI is InChI=1S/C16H15N5O3.Na.H/c22-14-10(11-4-5-12(15(23)24)21(11)14)7-9-8-20-16(17-9)18-13-3-1-2-6-19(13)20;;/h5,7-8,11H,1-4,6H2,(H,23,24);;/q;+1;-1/b10-7+;;. The molecule has 0 spiro atoms. The molecule has 3 aliphatic rings. The van der Waals surface area contributed by atoms with E-state index in [9.17, 15) is 9.59 Å². The van der Waals surface area contributed by atoms with Crippen LogP contribution in [-0.4, -0.2) is 47.1 Å². The maximum Gasteiger partial charge on any atom is 1.00 e. The number of carbonyl (C=O) groups excluding carboxylic acids is 1. The third-order valence-corrected chi connectivity index (χ3v) is 4.95. The predicted octanol–water partition coefficient (Wildman–Crippen LogP) is -2.05. The van der Waals surface area contributed by atoms with Crippen molar-refractivity contribution < 1.29 is 45.7 Å². The molecule has 1 N–H and O–H groups in total. The van der Waals surface area contributed by atoms with Crippen LogP contribution in [0.4, 0.5) is 0 Å². The number of rotatable bonds is 2. The van der Waals surface area contributed by atoms with Gasteiger partial charge in [0, 0.05) is 18.5 Å². The fraction of sp³-hybridized carbons (Fsp3) is 0.375. The van der Waals surface area contributed by atoms with Gasteiger partial charge in [-0.3, -0.25) is 14.4 Å². The molecule has 25 heavy (non-hydrogen) atoms. The number of carboxylic acid groups (broad SMARTS) is 1. The zero-order valence-electron chi connectivity index (χ0n) is 14.8. The molecule has 0 aromatic carbocycles. The third kappa shape index (κ3) is 2.32. The van der Waals surface area contributed by atoms with Crippen LogP contribution >= 0.6 is 0 Å². The van der Waals surface area contributed by atoms with E-state index in [1.165, 1.54) is 4.90 Å². The number of aliphatic carboxylic acids is 1. The number of hydrogen-bond acceptors (Lipinski definition) is 4. The minimum Gasteiger partial charge on any atom is -1.00 e. The molecule has 9 heteroatoms. The monoisotopic (exact) mass is 349 g/mol. The van der Waals surface area contributed by atoms with Gasteiger partial charge in [-0.25, -0.2) is 14.3 Å². The summed E-state index contributed by atoms with van der Waals surface area (Å²) in [7, 11) is 0. The van der Waals surface area contributed by atoms with Gasteiger partial charge in [0.05, 0.1) is 17.9 Å². The van der Waals surface area contributed by atoms with E-state index < -0.39 is 5.97 Å². The second-order valence-electron chi connectivity index (χ2n) is 6.34. The fourth-order valence-corrected chi connectivity index (χ4v) is 3.80. The zero-order valence-corrected chi connectivity index (χ0v) is 15.8. The van der Waals surface area contributed by atoms with Crippen LogP contribution in [0, 0.1) is 0 Å². The first-order valence-electron chi connectivity index (χ1n) is 8.07. The Labute approximate surface area is 166 Å². The summed E-state index contributed by atoms with van der Waals surface area (Å²) in [5.41, 5.74) is 1.38. The number of carbonyl (C=O) groups is 2. The van der Waals surface area contributed by atoms with Crippen molar-refractivity contribution in [2.45, 2.75) is 38.3 Å². The van der Waals surface area contributed by atoms with E-state index in [0.29, 0.717) is 23.5 Å².